The summed E-state index contributed by atoms with van der Waals surface area (Å²) < 4.78 is 6.16. The minimum absolute atomic E-state index is 0.183. The summed E-state index contributed by atoms with van der Waals surface area (Å²) in [7, 11) is 0. The van der Waals surface area contributed by atoms with Crippen LogP contribution >= 0.6 is 23.2 Å². The number of fused-ring (bicyclic) bond motifs is 1. The molecule has 4 rings (SSSR count). The second-order valence-corrected chi connectivity index (χ2v) is 13.0. The molecule has 3 heterocycles. The third-order valence-electron chi connectivity index (χ3n) is 8.32. The molecule has 2 N–H and O–H groups in total. The van der Waals surface area contributed by atoms with E-state index in [0.717, 1.165) is 75.9 Å². The van der Waals surface area contributed by atoms with Crippen molar-refractivity contribution >= 4 is 52.9 Å². The number of hydrogen-bond acceptors (Lipinski definition) is 6. The number of rotatable bonds is 10. The Bertz CT molecular complexity index is 1200. The molecule has 0 radical (unpaired) electrons. The lowest BCUT2D eigenvalue weighted by Gasteiger charge is -2.32. The summed E-state index contributed by atoms with van der Waals surface area (Å²) in [4.78, 5) is 30.0. The first-order chi connectivity index (χ1) is 20.6. The minimum Gasteiger partial charge on any atom is -0.481 e. The average Bonchev–Trinajstić information content (AvgIpc) is 3.54. The normalized spacial score (nSPS) is 24.0. The standard InChI is InChI=1S/C32H46Cl2N6O3/c1-5-36-32(40-19-26-16-35-17-27(26)20-40)37-15-22(3)43-23(4)38-30(25-12-28(33)14-29(34)13-25)10-21(2)18-39-8-6-24(7-9-39)11-31(41)42/h10,12-15,21-22,24,26-27,35H,5-9,11,16-20H2,1-4H3,(H,41,42)/b30-10-,36-32?,37-15-,38-23?. The van der Waals surface area contributed by atoms with Gasteiger partial charge in [0.15, 0.2) is 5.90 Å². The lowest BCUT2D eigenvalue weighted by Crippen LogP contribution is -2.36. The Kier molecular flexibility index (Phi) is 12.5. The molecule has 0 bridgehead atoms. The molecule has 4 unspecified atom stereocenters. The predicted octanol–water partition coefficient (Wildman–Crippen LogP) is 5.58. The van der Waals surface area contributed by atoms with Crippen molar-refractivity contribution in [3.8, 4) is 0 Å². The number of nitrogens with zero attached hydrogens (tertiary/aromatic N) is 5. The molecule has 1 aromatic carbocycles. The summed E-state index contributed by atoms with van der Waals surface area (Å²) in [6.07, 6.45) is 5.70. The van der Waals surface area contributed by atoms with Gasteiger partial charge >= 0.3 is 5.97 Å². The number of aliphatic carboxylic acids is 1. The number of carbonyl (C=O) groups is 1. The van der Waals surface area contributed by atoms with Crippen molar-refractivity contribution in [3.05, 3.63) is 39.9 Å². The van der Waals surface area contributed by atoms with Crippen molar-refractivity contribution in [2.45, 2.75) is 53.1 Å². The molecule has 3 fully saturated rings. The van der Waals surface area contributed by atoms with Crippen molar-refractivity contribution in [1.82, 2.24) is 15.1 Å². The fourth-order valence-electron chi connectivity index (χ4n) is 6.30. The Balaban J connectivity index is 1.42. The molecule has 3 aliphatic heterocycles. The van der Waals surface area contributed by atoms with Crippen LogP contribution in [0.5, 0.6) is 0 Å². The molecule has 0 saturated carbocycles. The number of hydrogen-bond donors (Lipinski definition) is 2. The summed E-state index contributed by atoms with van der Waals surface area (Å²) in [5, 5.41) is 13.7. The first kappa shape index (κ1) is 33.4. The van der Waals surface area contributed by atoms with Crippen LogP contribution in [-0.4, -0.2) is 97.4 Å². The van der Waals surface area contributed by atoms with Gasteiger partial charge in [-0.15, -0.1) is 0 Å². The zero-order chi connectivity index (χ0) is 30.9. The molecule has 0 spiro atoms. The number of carboxylic acid groups (broad SMARTS) is 1. The van der Waals surface area contributed by atoms with Gasteiger partial charge in [-0.1, -0.05) is 36.2 Å². The molecule has 11 heteroatoms. The van der Waals surface area contributed by atoms with Crippen molar-refractivity contribution in [2.24, 2.45) is 38.6 Å². The highest BCUT2D eigenvalue weighted by Crippen LogP contribution is 2.28. The Morgan fingerprint density at radius 1 is 1.14 bits per heavy atom. The van der Waals surface area contributed by atoms with E-state index in [4.69, 9.17) is 43.0 Å². The number of halogens is 2. The zero-order valence-electron chi connectivity index (χ0n) is 25.8. The van der Waals surface area contributed by atoms with Gasteiger partial charge in [-0.3, -0.25) is 9.79 Å². The first-order valence-corrected chi connectivity index (χ1v) is 16.2. The molecule has 0 aliphatic carbocycles. The Morgan fingerprint density at radius 3 is 2.40 bits per heavy atom. The first-order valence-electron chi connectivity index (χ1n) is 15.5. The Hall–Kier alpha value is -2.46. The van der Waals surface area contributed by atoms with Gasteiger partial charge in [-0.25, -0.2) is 9.98 Å². The van der Waals surface area contributed by atoms with Crippen LogP contribution in [0.1, 0.15) is 52.5 Å². The van der Waals surface area contributed by atoms with E-state index in [9.17, 15) is 4.79 Å². The van der Waals surface area contributed by atoms with E-state index >= 15 is 0 Å². The number of nitrogens with one attached hydrogen (secondary N) is 1. The van der Waals surface area contributed by atoms with Gasteiger partial charge in [0.25, 0.3) is 0 Å². The van der Waals surface area contributed by atoms with E-state index in [-0.39, 0.29) is 24.4 Å². The van der Waals surface area contributed by atoms with Crippen molar-refractivity contribution in [1.29, 1.82) is 0 Å². The van der Waals surface area contributed by atoms with E-state index in [0.29, 0.717) is 34.3 Å². The molecule has 4 atom stereocenters. The Labute approximate surface area is 266 Å². The molecule has 0 amide bonds. The maximum absolute atomic E-state index is 11.1. The van der Waals surface area contributed by atoms with Crippen LogP contribution in [0.3, 0.4) is 0 Å². The number of guanidine groups is 1. The van der Waals surface area contributed by atoms with Gasteiger partial charge in [0, 0.05) is 74.4 Å². The molecule has 0 aromatic heterocycles. The molecule has 9 nitrogen and oxygen atoms in total. The highest BCUT2D eigenvalue weighted by atomic mass is 35.5. The highest BCUT2D eigenvalue weighted by Gasteiger charge is 2.37. The van der Waals surface area contributed by atoms with Crippen LogP contribution in [0.15, 0.2) is 39.3 Å². The average molecular weight is 634 g/mol. The lowest BCUT2D eigenvalue weighted by molar-refractivity contribution is -0.138. The van der Waals surface area contributed by atoms with Gasteiger partial charge in [0.2, 0.25) is 5.96 Å². The van der Waals surface area contributed by atoms with E-state index in [1.54, 1.807) is 12.3 Å². The largest absolute Gasteiger partial charge is 0.481 e. The second-order valence-electron chi connectivity index (χ2n) is 12.1. The van der Waals surface area contributed by atoms with Crippen LogP contribution in [0, 0.1) is 23.7 Å². The van der Waals surface area contributed by atoms with Gasteiger partial charge in [-0.05, 0) is 81.6 Å². The number of benzene rings is 1. The van der Waals surface area contributed by atoms with E-state index in [1.807, 2.05) is 32.9 Å². The summed E-state index contributed by atoms with van der Waals surface area (Å²) >= 11 is 12.7. The van der Waals surface area contributed by atoms with E-state index in [1.165, 1.54) is 0 Å². The maximum atomic E-state index is 11.1. The quantitative estimate of drug-likeness (QED) is 0.258. The third kappa shape index (κ3) is 10.3. The number of likely N-dealkylation sites (tertiary alicyclic amines) is 2. The van der Waals surface area contributed by atoms with Gasteiger partial charge in [0.1, 0.15) is 6.10 Å². The van der Waals surface area contributed by atoms with Crippen molar-refractivity contribution in [3.63, 3.8) is 0 Å². The maximum Gasteiger partial charge on any atom is 0.303 e. The van der Waals surface area contributed by atoms with Gasteiger partial charge in [0.05, 0.1) is 5.70 Å². The van der Waals surface area contributed by atoms with Crippen LogP contribution in [0.2, 0.25) is 10.0 Å². The summed E-state index contributed by atoms with van der Waals surface area (Å²) in [6.45, 7) is 15.4. The lowest BCUT2D eigenvalue weighted by atomic mass is 9.93. The number of ether oxygens (including phenoxy) is 1. The van der Waals surface area contributed by atoms with Crippen LogP contribution in [0.4, 0.5) is 0 Å². The van der Waals surface area contributed by atoms with E-state index < -0.39 is 5.97 Å². The number of aliphatic imine (C=N–C) groups is 3. The molecular formula is C32H46Cl2N6O3. The topological polar surface area (TPSA) is 102 Å². The molecular weight excluding hydrogens is 587 g/mol. The van der Waals surface area contributed by atoms with E-state index in [2.05, 4.69) is 33.1 Å². The number of piperidine rings is 1. The number of carboxylic acids is 1. The molecule has 3 aliphatic rings. The molecule has 1 aromatic rings. The van der Waals surface area contributed by atoms with Crippen LogP contribution in [0.25, 0.3) is 5.70 Å². The fourth-order valence-corrected chi connectivity index (χ4v) is 6.83. The van der Waals surface area contributed by atoms with Crippen molar-refractivity contribution < 1.29 is 14.6 Å². The monoisotopic (exact) mass is 632 g/mol. The summed E-state index contributed by atoms with van der Waals surface area (Å²) in [5.74, 6) is 2.35. The molecule has 43 heavy (non-hydrogen) atoms. The Morgan fingerprint density at radius 2 is 1.79 bits per heavy atom. The molecule has 3 saturated heterocycles. The van der Waals surface area contributed by atoms with Crippen molar-refractivity contribution in [2.75, 3.05) is 52.4 Å². The SMILES string of the molecule is CCN=C(/N=C\C(C)OC(C)=N/C(=C\C(C)CN1CCC(CC(=O)O)CC1)c1cc(Cl)cc(Cl)c1)N1CC2CNCC2C1. The third-order valence-corrected chi connectivity index (χ3v) is 8.76. The van der Waals surface area contributed by atoms with Crippen LogP contribution in [-0.2, 0) is 9.53 Å². The summed E-state index contributed by atoms with van der Waals surface area (Å²) in [5.41, 5.74) is 1.56. The zero-order valence-corrected chi connectivity index (χ0v) is 27.3. The summed E-state index contributed by atoms with van der Waals surface area (Å²) in [6, 6.07) is 5.43. The van der Waals surface area contributed by atoms with Crippen LogP contribution < -0.4 is 5.32 Å². The second kappa shape index (κ2) is 16.0. The predicted molar refractivity (Wildman–Crippen MR) is 177 cm³/mol. The highest BCUT2D eigenvalue weighted by molar-refractivity contribution is 6.34. The fraction of sp³-hybridized carbons (Fsp3) is 0.625. The smallest absolute Gasteiger partial charge is 0.303 e. The van der Waals surface area contributed by atoms with Gasteiger partial charge < -0.3 is 25.0 Å². The van der Waals surface area contributed by atoms with Gasteiger partial charge in [-0.2, -0.15) is 0 Å². The molecule has 236 valence electrons. The minimum atomic E-state index is -0.711.